The molecular formula is C49H90NO8P. The minimum atomic E-state index is -4.39. The lowest BCUT2D eigenvalue weighted by Crippen LogP contribution is -2.29. The van der Waals surface area contributed by atoms with Crippen LogP contribution in [0.25, 0.3) is 0 Å². The SMILES string of the molecule is CCC/C=C/C/C=C/C/C=C/C/C=C/CCCCCC(=O)O[C@H](COC(=O)CCCCCCCCCCCCCCCCCCCCCCC)COP(=O)(O)OCCN. The molecule has 0 aliphatic heterocycles. The number of phosphoric acid groups is 1. The molecule has 0 heterocycles. The highest BCUT2D eigenvalue weighted by atomic mass is 31.2. The van der Waals surface area contributed by atoms with Crippen LogP contribution in [-0.2, 0) is 32.7 Å². The standard InChI is InChI=1S/C49H90NO8P/c1-3-5-7-9-11-13-15-17-19-21-22-23-24-26-27-29-31-33-35-37-39-41-48(51)55-45-47(46-57-59(53,54)56-44-43-50)58-49(52)42-40-38-36-34-32-30-28-25-20-18-16-14-12-10-8-6-4-2/h8,10,14,16,20,25,30,32,47H,3-7,9,11-13,15,17-19,21-24,26-29,31,33-46,50H2,1-2H3,(H,53,54)/b10-8+,16-14+,25-20+,32-30+/t47-/m1/s1. The van der Waals surface area contributed by atoms with Crippen molar-refractivity contribution in [3.8, 4) is 0 Å². The number of carbonyl (C=O) groups is 2. The van der Waals surface area contributed by atoms with Crippen molar-refractivity contribution in [1.29, 1.82) is 0 Å². The molecule has 0 saturated heterocycles. The molecule has 0 aliphatic carbocycles. The number of phosphoric ester groups is 1. The third-order valence-electron chi connectivity index (χ3n) is 10.2. The van der Waals surface area contributed by atoms with Gasteiger partial charge in [0.05, 0.1) is 13.2 Å². The van der Waals surface area contributed by atoms with Gasteiger partial charge < -0.3 is 20.1 Å². The van der Waals surface area contributed by atoms with Crippen LogP contribution in [0.5, 0.6) is 0 Å². The summed E-state index contributed by atoms with van der Waals surface area (Å²) in [6.45, 7) is 3.65. The molecule has 10 heteroatoms. The van der Waals surface area contributed by atoms with Gasteiger partial charge in [-0.15, -0.1) is 0 Å². The molecule has 0 amide bonds. The van der Waals surface area contributed by atoms with E-state index in [0.29, 0.717) is 6.42 Å². The highest BCUT2D eigenvalue weighted by molar-refractivity contribution is 7.47. The zero-order chi connectivity index (χ0) is 43.2. The van der Waals surface area contributed by atoms with E-state index >= 15 is 0 Å². The van der Waals surface area contributed by atoms with Crippen molar-refractivity contribution in [2.45, 2.75) is 225 Å². The van der Waals surface area contributed by atoms with E-state index in [9.17, 15) is 19.0 Å². The maximum absolute atomic E-state index is 12.6. The van der Waals surface area contributed by atoms with Crippen molar-refractivity contribution in [2.75, 3.05) is 26.4 Å². The van der Waals surface area contributed by atoms with E-state index in [-0.39, 0.29) is 38.6 Å². The van der Waals surface area contributed by atoms with Gasteiger partial charge in [0.15, 0.2) is 6.10 Å². The van der Waals surface area contributed by atoms with Gasteiger partial charge in [-0.3, -0.25) is 18.6 Å². The molecule has 9 nitrogen and oxygen atoms in total. The Morgan fingerprint density at radius 1 is 0.508 bits per heavy atom. The summed E-state index contributed by atoms with van der Waals surface area (Å²) in [6, 6.07) is 0. The maximum Gasteiger partial charge on any atom is 0.472 e. The highest BCUT2D eigenvalue weighted by Gasteiger charge is 2.26. The van der Waals surface area contributed by atoms with Crippen molar-refractivity contribution < 1.29 is 37.6 Å². The number of unbranched alkanes of at least 4 members (excludes halogenated alkanes) is 24. The second kappa shape index (κ2) is 45.5. The number of nitrogens with two attached hydrogens (primary N) is 1. The molecule has 1 unspecified atom stereocenters. The Labute approximate surface area is 362 Å². The summed E-state index contributed by atoms with van der Waals surface area (Å²) in [5.41, 5.74) is 5.36. The Hall–Kier alpha value is -2.03. The van der Waals surface area contributed by atoms with Gasteiger partial charge in [-0.25, -0.2) is 4.57 Å². The summed E-state index contributed by atoms with van der Waals surface area (Å²) in [5.74, 6) is -0.858. The minimum Gasteiger partial charge on any atom is -0.462 e. The number of carbonyl (C=O) groups excluding carboxylic acids is 2. The van der Waals surface area contributed by atoms with E-state index in [4.69, 9.17) is 24.3 Å². The number of hydrogen-bond donors (Lipinski definition) is 2. The van der Waals surface area contributed by atoms with E-state index in [0.717, 1.165) is 64.2 Å². The van der Waals surface area contributed by atoms with Crippen molar-refractivity contribution >= 4 is 19.8 Å². The van der Waals surface area contributed by atoms with Crippen molar-refractivity contribution in [3.05, 3.63) is 48.6 Å². The average molecular weight is 852 g/mol. The molecule has 344 valence electrons. The molecule has 0 rings (SSSR count). The number of esters is 2. The first-order valence-corrected chi connectivity index (χ1v) is 25.6. The molecule has 0 aliphatic rings. The zero-order valence-corrected chi connectivity index (χ0v) is 38.9. The van der Waals surface area contributed by atoms with Gasteiger partial charge in [-0.1, -0.05) is 204 Å². The van der Waals surface area contributed by atoms with Crippen LogP contribution in [-0.4, -0.2) is 49.3 Å². The second-order valence-corrected chi connectivity index (χ2v) is 17.4. The fraction of sp³-hybridized carbons (Fsp3) is 0.796. The van der Waals surface area contributed by atoms with E-state index in [2.05, 4.69) is 62.5 Å². The van der Waals surface area contributed by atoms with Crippen LogP contribution < -0.4 is 5.73 Å². The van der Waals surface area contributed by atoms with Crippen LogP contribution in [0.3, 0.4) is 0 Å². The molecule has 0 fully saturated rings. The van der Waals surface area contributed by atoms with E-state index in [1.165, 1.54) is 122 Å². The van der Waals surface area contributed by atoms with Crippen LogP contribution in [0.2, 0.25) is 0 Å². The fourth-order valence-corrected chi connectivity index (χ4v) is 7.39. The Kier molecular flexibility index (Phi) is 43.9. The summed E-state index contributed by atoms with van der Waals surface area (Å²) in [6.07, 6.45) is 52.9. The van der Waals surface area contributed by atoms with Gasteiger partial charge >= 0.3 is 19.8 Å². The van der Waals surface area contributed by atoms with Gasteiger partial charge in [0.2, 0.25) is 0 Å². The van der Waals surface area contributed by atoms with Crippen LogP contribution >= 0.6 is 7.82 Å². The minimum absolute atomic E-state index is 0.0474. The predicted molar refractivity (Wildman–Crippen MR) is 247 cm³/mol. The normalized spacial score (nSPS) is 13.6. The Bertz CT molecular complexity index is 1110. The molecule has 3 N–H and O–H groups in total. The molecular weight excluding hydrogens is 762 g/mol. The zero-order valence-electron chi connectivity index (χ0n) is 38.0. The quantitative estimate of drug-likeness (QED) is 0.0266. The van der Waals surface area contributed by atoms with Crippen LogP contribution in [0.15, 0.2) is 48.6 Å². The first-order valence-electron chi connectivity index (χ1n) is 24.1. The first-order chi connectivity index (χ1) is 28.8. The lowest BCUT2D eigenvalue weighted by atomic mass is 10.0. The molecule has 2 atom stereocenters. The number of rotatable bonds is 45. The molecule has 0 saturated carbocycles. The van der Waals surface area contributed by atoms with E-state index < -0.39 is 26.5 Å². The van der Waals surface area contributed by atoms with Gasteiger partial charge in [0, 0.05) is 19.4 Å². The molecule has 0 aromatic heterocycles. The van der Waals surface area contributed by atoms with Gasteiger partial charge in [-0.05, 0) is 51.4 Å². The van der Waals surface area contributed by atoms with Gasteiger partial charge in [-0.2, -0.15) is 0 Å². The maximum atomic E-state index is 12.6. The smallest absolute Gasteiger partial charge is 0.462 e. The lowest BCUT2D eigenvalue weighted by Gasteiger charge is -2.19. The number of allylic oxidation sites excluding steroid dienone is 8. The van der Waals surface area contributed by atoms with Crippen LogP contribution in [0, 0.1) is 0 Å². The molecule has 0 aromatic rings. The third-order valence-corrected chi connectivity index (χ3v) is 11.2. The molecule has 0 bridgehead atoms. The summed E-state index contributed by atoms with van der Waals surface area (Å²) < 4.78 is 32.8. The fourth-order valence-electron chi connectivity index (χ4n) is 6.63. The Morgan fingerprint density at radius 2 is 0.915 bits per heavy atom. The first kappa shape index (κ1) is 57.0. The lowest BCUT2D eigenvalue weighted by molar-refractivity contribution is -0.161. The summed E-state index contributed by atoms with van der Waals surface area (Å²) in [7, 11) is -4.39. The Balaban J connectivity index is 4.10. The number of hydrogen-bond acceptors (Lipinski definition) is 8. The molecule has 59 heavy (non-hydrogen) atoms. The number of ether oxygens (including phenoxy) is 2. The topological polar surface area (TPSA) is 134 Å². The summed E-state index contributed by atoms with van der Waals surface area (Å²) in [4.78, 5) is 35.0. The Morgan fingerprint density at radius 3 is 1.37 bits per heavy atom. The van der Waals surface area contributed by atoms with Gasteiger partial charge in [0.1, 0.15) is 6.61 Å². The predicted octanol–water partition coefficient (Wildman–Crippen LogP) is 14.3. The average Bonchev–Trinajstić information content (AvgIpc) is 3.22. The largest absolute Gasteiger partial charge is 0.472 e. The van der Waals surface area contributed by atoms with Crippen molar-refractivity contribution in [3.63, 3.8) is 0 Å². The monoisotopic (exact) mass is 852 g/mol. The molecule has 0 radical (unpaired) electrons. The van der Waals surface area contributed by atoms with E-state index in [1.54, 1.807) is 0 Å². The van der Waals surface area contributed by atoms with E-state index in [1.807, 2.05) is 0 Å². The summed E-state index contributed by atoms with van der Waals surface area (Å²) >= 11 is 0. The van der Waals surface area contributed by atoms with Crippen molar-refractivity contribution in [1.82, 2.24) is 0 Å². The van der Waals surface area contributed by atoms with Gasteiger partial charge in [0.25, 0.3) is 0 Å². The summed E-state index contributed by atoms with van der Waals surface area (Å²) in [5, 5.41) is 0. The van der Waals surface area contributed by atoms with Crippen LogP contribution in [0.4, 0.5) is 0 Å². The third kappa shape index (κ3) is 45.3. The highest BCUT2D eigenvalue weighted by Crippen LogP contribution is 2.43. The molecule has 0 aromatic carbocycles. The van der Waals surface area contributed by atoms with Crippen molar-refractivity contribution in [2.24, 2.45) is 5.73 Å². The molecule has 0 spiro atoms. The second-order valence-electron chi connectivity index (χ2n) is 16.0. The van der Waals surface area contributed by atoms with Crippen LogP contribution in [0.1, 0.15) is 219 Å².